The van der Waals surface area contributed by atoms with Gasteiger partial charge < -0.3 is 16.8 Å². The molecule has 0 aromatic heterocycles. The van der Waals surface area contributed by atoms with E-state index in [1.807, 2.05) is 0 Å². The summed E-state index contributed by atoms with van der Waals surface area (Å²) in [5, 5.41) is 2.73. The lowest BCUT2D eigenvalue weighted by atomic mass is 10.3. The van der Waals surface area contributed by atoms with E-state index in [2.05, 4.69) is 5.32 Å². The molecule has 1 aliphatic rings. The highest BCUT2D eigenvalue weighted by atomic mass is 15.1. The van der Waals surface area contributed by atoms with Crippen LogP contribution in [0.15, 0.2) is 24.0 Å². The van der Waals surface area contributed by atoms with Crippen LogP contribution in [0.3, 0.4) is 0 Å². The van der Waals surface area contributed by atoms with Crippen molar-refractivity contribution in [2.75, 3.05) is 0 Å². The van der Waals surface area contributed by atoms with Gasteiger partial charge in [-0.3, -0.25) is 0 Å². The highest BCUT2D eigenvalue weighted by Crippen LogP contribution is 1.96. The van der Waals surface area contributed by atoms with Crippen molar-refractivity contribution in [3.8, 4) is 0 Å². The molecule has 8 heavy (non-hydrogen) atoms. The lowest BCUT2D eigenvalue weighted by Gasteiger charge is -2.11. The van der Waals surface area contributed by atoms with E-state index >= 15 is 0 Å². The third-order valence-corrected chi connectivity index (χ3v) is 0.840. The van der Waals surface area contributed by atoms with Crippen molar-refractivity contribution in [3.63, 3.8) is 0 Å². The lowest BCUT2D eigenvalue weighted by Crippen LogP contribution is -2.31. The van der Waals surface area contributed by atoms with Gasteiger partial charge in [0.05, 0.1) is 5.82 Å². The van der Waals surface area contributed by atoms with Crippen LogP contribution in [0.1, 0.15) is 0 Å². The highest BCUT2D eigenvalue weighted by molar-refractivity contribution is 5.23. The van der Waals surface area contributed by atoms with Crippen LogP contribution in [0.4, 0.5) is 0 Å². The number of rotatable bonds is 0. The standard InChI is InChI=1S/C5H8N3/c6-4-2-1-3-5(7)8-4/h1-3,8H,6-7H2. The molecule has 0 aromatic carbocycles. The Morgan fingerprint density at radius 1 is 1.38 bits per heavy atom. The smallest absolute Gasteiger partial charge is 0.148 e. The first kappa shape index (κ1) is 5.18. The van der Waals surface area contributed by atoms with E-state index in [0.717, 1.165) is 0 Å². The quantitative estimate of drug-likeness (QED) is 0.390. The zero-order valence-corrected chi connectivity index (χ0v) is 4.39. The Morgan fingerprint density at radius 2 is 2.12 bits per heavy atom. The maximum Gasteiger partial charge on any atom is 0.148 e. The minimum Gasteiger partial charge on any atom is -0.385 e. The van der Waals surface area contributed by atoms with Crippen LogP contribution in [0, 0.1) is 6.17 Å². The fourth-order valence-corrected chi connectivity index (χ4v) is 0.505. The monoisotopic (exact) mass is 110 g/mol. The van der Waals surface area contributed by atoms with E-state index < -0.39 is 0 Å². The van der Waals surface area contributed by atoms with Crippen LogP contribution in [0.2, 0.25) is 0 Å². The second-order valence-electron chi connectivity index (χ2n) is 1.56. The molecule has 1 radical (unpaired) electrons. The van der Waals surface area contributed by atoms with Gasteiger partial charge in [-0.15, -0.1) is 0 Å². The first-order valence-electron chi connectivity index (χ1n) is 2.32. The SMILES string of the molecule is N[C]1C=CC=C(N)N1. The zero-order chi connectivity index (χ0) is 5.98. The summed E-state index contributed by atoms with van der Waals surface area (Å²) in [7, 11) is 0. The molecule has 1 rings (SSSR count). The molecule has 0 aliphatic carbocycles. The molecule has 0 atom stereocenters. The Kier molecular flexibility index (Phi) is 1.22. The van der Waals surface area contributed by atoms with Crippen LogP contribution in [-0.2, 0) is 0 Å². The second kappa shape index (κ2) is 1.88. The summed E-state index contributed by atoms with van der Waals surface area (Å²) in [5.74, 6) is 0.588. The van der Waals surface area contributed by atoms with Crippen LogP contribution in [0.25, 0.3) is 0 Å². The van der Waals surface area contributed by atoms with Crippen molar-refractivity contribution in [3.05, 3.63) is 30.2 Å². The number of hydrogen-bond donors (Lipinski definition) is 3. The molecule has 5 N–H and O–H groups in total. The molecule has 0 spiro atoms. The average Bonchev–Trinajstić information content (AvgIpc) is 1.64. The molecular weight excluding hydrogens is 102 g/mol. The molecule has 43 valence electrons. The van der Waals surface area contributed by atoms with Gasteiger partial charge in [0.25, 0.3) is 0 Å². The Bertz CT molecular complexity index is 137. The molecule has 3 heteroatoms. The minimum atomic E-state index is 0.588. The van der Waals surface area contributed by atoms with Crippen molar-refractivity contribution < 1.29 is 0 Å². The third kappa shape index (κ3) is 1.01. The van der Waals surface area contributed by atoms with Crippen molar-refractivity contribution >= 4 is 0 Å². The Labute approximate surface area is 48.0 Å². The molecule has 0 saturated carbocycles. The van der Waals surface area contributed by atoms with Crippen LogP contribution in [0.5, 0.6) is 0 Å². The summed E-state index contributed by atoms with van der Waals surface area (Å²) in [6, 6.07) is 0. The van der Waals surface area contributed by atoms with Gasteiger partial charge >= 0.3 is 0 Å². The summed E-state index contributed by atoms with van der Waals surface area (Å²) in [6.45, 7) is 0. The maximum absolute atomic E-state index is 5.32. The van der Waals surface area contributed by atoms with E-state index in [4.69, 9.17) is 11.5 Å². The summed E-state index contributed by atoms with van der Waals surface area (Å²) >= 11 is 0. The molecule has 1 heterocycles. The number of hydrogen-bond acceptors (Lipinski definition) is 3. The number of nitrogens with two attached hydrogens (primary N) is 2. The van der Waals surface area contributed by atoms with Gasteiger partial charge in [-0.2, -0.15) is 0 Å². The number of allylic oxidation sites excluding steroid dienone is 2. The molecule has 0 unspecified atom stereocenters. The first-order chi connectivity index (χ1) is 3.79. The highest BCUT2D eigenvalue weighted by Gasteiger charge is 1.99. The van der Waals surface area contributed by atoms with Gasteiger partial charge in [-0.1, -0.05) is 6.08 Å². The molecule has 0 aromatic rings. The summed E-state index contributed by atoms with van der Waals surface area (Å²) in [6.07, 6.45) is 5.87. The first-order valence-corrected chi connectivity index (χ1v) is 2.32. The van der Waals surface area contributed by atoms with E-state index in [0.29, 0.717) is 12.0 Å². The maximum atomic E-state index is 5.32. The molecule has 1 aliphatic heterocycles. The van der Waals surface area contributed by atoms with Gasteiger partial charge in [-0.25, -0.2) is 0 Å². The minimum absolute atomic E-state index is 0.588. The van der Waals surface area contributed by atoms with Gasteiger partial charge in [-0.05, 0) is 12.2 Å². The summed E-state index contributed by atoms with van der Waals surface area (Å²) in [5.41, 5.74) is 10.6. The zero-order valence-electron chi connectivity index (χ0n) is 4.39. The van der Waals surface area contributed by atoms with E-state index in [1.165, 1.54) is 0 Å². The average molecular weight is 110 g/mol. The molecule has 0 bridgehead atoms. The normalized spacial score (nSPS) is 19.9. The van der Waals surface area contributed by atoms with E-state index in [1.54, 1.807) is 18.2 Å². The lowest BCUT2D eigenvalue weighted by molar-refractivity contribution is 0.825. The van der Waals surface area contributed by atoms with Crippen molar-refractivity contribution in [2.24, 2.45) is 11.5 Å². The fourth-order valence-electron chi connectivity index (χ4n) is 0.505. The third-order valence-electron chi connectivity index (χ3n) is 0.840. The van der Waals surface area contributed by atoms with Gasteiger partial charge in [0.15, 0.2) is 0 Å². The van der Waals surface area contributed by atoms with Crippen LogP contribution < -0.4 is 16.8 Å². The van der Waals surface area contributed by atoms with Crippen LogP contribution >= 0.6 is 0 Å². The van der Waals surface area contributed by atoms with Crippen LogP contribution in [-0.4, -0.2) is 0 Å². The van der Waals surface area contributed by atoms with E-state index in [-0.39, 0.29) is 0 Å². The second-order valence-corrected chi connectivity index (χ2v) is 1.56. The molecule has 0 saturated heterocycles. The predicted molar refractivity (Wildman–Crippen MR) is 32.0 cm³/mol. The molecule has 0 amide bonds. The Balaban J connectivity index is 2.59. The number of nitrogens with one attached hydrogen (secondary N) is 1. The Hall–Kier alpha value is -0.960. The molecular formula is C5H8N3. The Morgan fingerprint density at radius 3 is 2.50 bits per heavy atom. The fraction of sp³-hybridized carbons (Fsp3) is 0. The molecule has 3 nitrogen and oxygen atoms in total. The van der Waals surface area contributed by atoms with Gasteiger partial charge in [0, 0.05) is 0 Å². The van der Waals surface area contributed by atoms with Gasteiger partial charge in [0.2, 0.25) is 0 Å². The van der Waals surface area contributed by atoms with Gasteiger partial charge in [0.1, 0.15) is 6.17 Å². The van der Waals surface area contributed by atoms with Crippen molar-refractivity contribution in [2.45, 2.75) is 0 Å². The predicted octanol–water partition coefficient (Wildman–Crippen LogP) is -0.606. The van der Waals surface area contributed by atoms with Crippen molar-refractivity contribution in [1.29, 1.82) is 0 Å². The molecule has 0 fully saturated rings. The number of dihydropyridines is 1. The van der Waals surface area contributed by atoms with E-state index in [9.17, 15) is 0 Å². The largest absolute Gasteiger partial charge is 0.385 e. The summed E-state index contributed by atoms with van der Waals surface area (Å²) in [4.78, 5) is 0. The summed E-state index contributed by atoms with van der Waals surface area (Å²) < 4.78 is 0. The topological polar surface area (TPSA) is 64.1 Å². The van der Waals surface area contributed by atoms with Crippen molar-refractivity contribution in [1.82, 2.24) is 5.32 Å².